The molecule has 0 N–H and O–H groups in total. The van der Waals surface area contributed by atoms with E-state index in [2.05, 4.69) is 44.9 Å². The molecule has 0 fully saturated rings. The van der Waals surface area contributed by atoms with Gasteiger partial charge in [-0.25, -0.2) is 4.98 Å². The molecule has 0 amide bonds. The second-order valence-corrected chi connectivity index (χ2v) is 5.53. The van der Waals surface area contributed by atoms with Crippen LogP contribution in [0.1, 0.15) is 29.4 Å². The molecule has 20 heavy (non-hydrogen) atoms. The highest BCUT2D eigenvalue weighted by Crippen LogP contribution is 2.25. The molecule has 1 atom stereocenters. The normalized spacial score (nSPS) is 12.8. The molecule has 0 aliphatic heterocycles. The Morgan fingerprint density at radius 1 is 1.30 bits per heavy atom. The summed E-state index contributed by atoms with van der Waals surface area (Å²) in [5.41, 5.74) is 4.13. The van der Waals surface area contributed by atoms with Crippen LogP contribution < -0.4 is 0 Å². The van der Waals surface area contributed by atoms with Gasteiger partial charge in [-0.3, -0.25) is 0 Å². The van der Waals surface area contributed by atoms with Gasteiger partial charge in [0.05, 0.1) is 28.6 Å². The highest BCUT2D eigenvalue weighted by Gasteiger charge is 2.15. The zero-order chi connectivity index (χ0) is 14.1. The van der Waals surface area contributed by atoms with Crippen LogP contribution >= 0.6 is 11.6 Å². The first-order valence-corrected chi connectivity index (χ1v) is 6.96. The van der Waals surface area contributed by atoms with Crippen LogP contribution in [0.5, 0.6) is 0 Å². The minimum absolute atomic E-state index is 0.153. The molecule has 0 radical (unpaired) electrons. The molecule has 0 spiro atoms. The molecule has 3 rings (SSSR count). The first kappa shape index (κ1) is 13.1. The summed E-state index contributed by atoms with van der Waals surface area (Å²) in [7, 11) is 0. The molecular weight excluding hydrogens is 272 g/mol. The predicted octanol–water partition coefficient (Wildman–Crippen LogP) is 3.48. The van der Waals surface area contributed by atoms with Crippen LogP contribution in [0.4, 0.5) is 0 Å². The van der Waals surface area contributed by atoms with Gasteiger partial charge in [0.15, 0.2) is 0 Å². The van der Waals surface area contributed by atoms with Crippen LogP contribution in [0.15, 0.2) is 36.5 Å². The van der Waals surface area contributed by atoms with Gasteiger partial charge in [0.25, 0.3) is 0 Å². The third-order valence-electron chi connectivity index (χ3n) is 3.24. The lowest BCUT2D eigenvalue weighted by Gasteiger charge is -2.09. The maximum absolute atomic E-state index is 6.27. The summed E-state index contributed by atoms with van der Waals surface area (Å²) >= 11 is 6.27. The van der Waals surface area contributed by atoms with E-state index in [1.165, 1.54) is 5.56 Å². The van der Waals surface area contributed by atoms with Crippen molar-refractivity contribution >= 4 is 22.6 Å². The number of imidazole rings is 1. The number of rotatable bonds is 3. The maximum Gasteiger partial charge on any atom is 0.128 e. The van der Waals surface area contributed by atoms with Gasteiger partial charge in [0, 0.05) is 6.20 Å². The number of hydrogen-bond donors (Lipinski definition) is 0. The molecule has 1 unspecified atom stereocenters. The van der Waals surface area contributed by atoms with Crippen molar-refractivity contribution in [1.82, 2.24) is 19.7 Å². The van der Waals surface area contributed by atoms with E-state index in [-0.39, 0.29) is 5.38 Å². The first-order chi connectivity index (χ1) is 9.65. The fraction of sp³-hybridized carbons (Fsp3) is 0.267. The predicted molar refractivity (Wildman–Crippen MR) is 79.9 cm³/mol. The van der Waals surface area contributed by atoms with E-state index >= 15 is 0 Å². The Hall–Kier alpha value is -1.94. The van der Waals surface area contributed by atoms with Crippen molar-refractivity contribution in [3.63, 3.8) is 0 Å². The summed E-state index contributed by atoms with van der Waals surface area (Å²) in [6, 6.07) is 10.1. The van der Waals surface area contributed by atoms with Crippen molar-refractivity contribution in [2.75, 3.05) is 0 Å². The minimum atomic E-state index is -0.153. The van der Waals surface area contributed by atoms with Crippen LogP contribution in [-0.4, -0.2) is 19.7 Å². The van der Waals surface area contributed by atoms with E-state index in [1.54, 1.807) is 6.20 Å². The van der Waals surface area contributed by atoms with Gasteiger partial charge < -0.3 is 4.57 Å². The smallest absolute Gasteiger partial charge is 0.128 e. The Balaban J connectivity index is 2.14. The summed E-state index contributed by atoms with van der Waals surface area (Å²) in [6.07, 6.45) is 1.67. The number of fused-ring (bicyclic) bond motifs is 1. The fourth-order valence-electron chi connectivity index (χ4n) is 2.31. The van der Waals surface area contributed by atoms with Crippen LogP contribution in [0, 0.1) is 6.92 Å². The standard InChI is InChI=1S/C15H15ClN4/c1-10-5-6-14-13(8-10)18-15(11(2)16)20(14)9-12-4-3-7-17-19-12/h3-8,11H,9H2,1-2H3. The molecular formula is C15H15ClN4. The third kappa shape index (κ3) is 2.39. The van der Waals surface area contributed by atoms with Crippen molar-refractivity contribution in [1.29, 1.82) is 0 Å². The van der Waals surface area contributed by atoms with E-state index in [1.807, 2.05) is 19.1 Å². The summed E-state index contributed by atoms with van der Waals surface area (Å²) in [5.74, 6) is 0.859. The number of alkyl halides is 1. The topological polar surface area (TPSA) is 43.6 Å². The first-order valence-electron chi connectivity index (χ1n) is 6.52. The third-order valence-corrected chi connectivity index (χ3v) is 3.43. The molecule has 2 aromatic heterocycles. The zero-order valence-electron chi connectivity index (χ0n) is 11.4. The quantitative estimate of drug-likeness (QED) is 0.692. The Morgan fingerprint density at radius 3 is 2.85 bits per heavy atom. The van der Waals surface area contributed by atoms with Gasteiger partial charge in [-0.1, -0.05) is 6.07 Å². The van der Waals surface area contributed by atoms with Crippen LogP contribution in [0.2, 0.25) is 0 Å². The lowest BCUT2D eigenvalue weighted by atomic mass is 10.2. The molecule has 0 aliphatic rings. The van der Waals surface area contributed by atoms with Crippen molar-refractivity contribution in [3.05, 3.63) is 53.6 Å². The van der Waals surface area contributed by atoms with Crippen molar-refractivity contribution in [3.8, 4) is 0 Å². The van der Waals surface area contributed by atoms with Crippen LogP contribution in [0.3, 0.4) is 0 Å². The van der Waals surface area contributed by atoms with E-state index in [4.69, 9.17) is 11.6 Å². The average Bonchev–Trinajstić information content (AvgIpc) is 2.78. The van der Waals surface area contributed by atoms with Gasteiger partial charge >= 0.3 is 0 Å². The zero-order valence-corrected chi connectivity index (χ0v) is 12.2. The summed E-state index contributed by atoms with van der Waals surface area (Å²) < 4.78 is 2.11. The molecule has 0 aliphatic carbocycles. The van der Waals surface area contributed by atoms with Gasteiger partial charge in [0.1, 0.15) is 5.82 Å². The number of aromatic nitrogens is 4. The van der Waals surface area contributed by atoms with E-state index < -0.39 is 0 Å². The summed E-state index contributed by atoms with van der Waals surface area (Å²) in [5, 5.41) is 7.90. The summed E-state index contributed by atoms with van der Waals surface area (Å²) in [4.78, 5) is 4.65. The fourth-order valence-corrected chi connectivity index (χ4v) is 2.47. The number of hydrogen-bond acceptors (Lipinski definition) is 3. The minimum Gasteiger partial charge on any atom is -0.321 e. The number of benzene rings is 1. The summed E-state index contributed by atoms with van der Waals surface area (Å²) in [6.45, 7) is 4.62. The molecule has 1 aromatic carbocycles. The lowest BCUT2D eigenvalue weighted by Crippen LogP contribution is -2.07. The van der Waals surface area contributed by atoms with E-state index in [0.29, 0.717) is 6.54 Å². The molecule has 0 saturated carbocycles. The van der Waals surface area contributed by atoms with Gasteiger partial charge in [0.2, 0.25) is 0 Å². The second kappa shape index (κ2) is 5.21. The number of halogens is 1. The van der Waals surface area contributed by atoms with Crippen LogP contribution in [-0.2, 0) is 6.54 Å². The number of nitrogens with zero attached hydrogens (tertiary/aromatic N) is 4. The van der Waals surface area contributed by atoms with E-state index in [9.17, 15) is 0 Å². The van der Waals surface area contributed by atoms with Crippen molar-refractivity contribution in [2.45, 2.75) is 25.8 Å². The molecule has 5 heteroatoms. The Kier molecular flexibility index (Phi) is 3.40. The molecule has 4 nitrogen and oxygen atoms in total. The number of aryl methyl sites for hydroxylation is 1. The highest BCUT2D eigenvalue weighted by molar-refractivity contribution is 6.20. The molecule has 0 saturated heterocycles. The second-order valence-electron chi connectivity index (χ2n) is 4.88. The van der Waals surface area contributed by atoms with Gasteiger partial charge in [-0.15, -0.1) is 11.6 Å². The van der Waals surface area contributed by atoms with E-state index in [0.717, 1.165) is 22.6 Å². The van der Waals surface area contributed by atoms with Gasteiger partial charge in [-0.05, 0) is 43.7 Å². The van der Waals surface area contributed by atoms with Crippen molar-refractivity contribution in [2.24, 2.45) is 0 Å². The van der Waals surface area contributed by atoms with Crippen LogP contribution in [0.25, 0.3) is 11.0 Å². The maximum atomic E-state index is 6.27. The Bertz CT molecular complexity index is 734. The SMILES string of the molecule is Cc1ccc2c(c1)nc(C(C)Cl)n2Cc1cccnn1. The highest BCUT2D eigenvalue weighted by atomic mass is 35.5. The van der Waals surface area contributed by atoms with Crippen molar-refractivity contribution < 1.29 is 0 Å². The van der Waals surface area contributed by atoms with Gasteiger partial charge in [-0.2, -0.15) is 10.2 Å². The average molecular weight is 287 g/mol. The Morgan fingerprint density at radius 2 is 2.15 bits per heavy atom. The molecule has 0 bridgehead atoms. The molecule has 3 aromatic rings. The lowest BCUT2D eigenvalue weighted by molar-refractivity contribution is 0.715. The largest absolute Gasteiger partial charge is 0.321 e. The monoisotopic (exact) mass is 286 g/mol. The molecule has 102 valence electrons. The molecule has 2 heterocycles. The Labute approximate surface area is 122 Å².